The van der Waals surface area contributed by atoms with Gasteiger partial charge in [-0.1, -0.05) is 188 Å². The summed E-state index contributed by atoms with van der Waals surface area (Å²) in [6, 6.07) is 86.3. The predicted molar refractivity (Wildman–Crippen MR) is 253 cm³/mol. The van der Waals surface area contributed by atoms with Crippen molar-refractivity contribution < 1.29 is 0 Å². The largest absolute Gasteiger partial charge is 0.310 e. The highest BCUT2D eigenvalue weighted by molar-refractivity contribution is 6.12. The fourth-order valence-electron chi connectivity index (χ4n) is 8.87. The molecule has 0 bridgehead atoms. The highest BCUT2D eigenvalue weighted by Crippen LogP contribution is 2.41. The number of rotatable bonds is 7. The number of hydrogen-bond acceptors (Lipinski definition) is 1. The van der Waals surface area contributed by atoms with E-state index in [-0.39, 0.29) is 0 Å². The van der Waals surface area contributed by atoms with Gasteiger partial charge in [-0.2, -0.15) is 0 Å². The molecule has 276 valence electrons. The Morgan fingerprint density at radius 3 is 1.47 bits per heavy atom. The first-order chi connectivity index (χ1) is 29.2. The van der Waals surface area contributed by atoms with Gasteiger partial charge in [0.2, 0.25) is 0 Å². The van der Waals surface area contributed by atoms with Gasteiger partial charge in [-0.25, -0.2) is 0 Å². The predicted octanol–water partition coefficient (Wildman–Crippen LogP) is 16.4. The Hall–Kier alpha value is -7.74. The Labute approximate surface area is 344 Å². The molecule has 0 aliphatic rings. The third-order valence-corrected chi connectivity index (χ3v) is 11.8. The van der Waals surface area contributed by atoms with Crippen molar-refractivity contribution in [2.75, 3.05) is 4.90 Å². The fraction of sp³-hybridized carbons (Fsp3) is 0. The van der Waals surface area contributed by atoms with E-state index in [2.05, 4.69) is 241 Å². The first-order valence-electron chi connectivity index (χ1n) is 20.3. The second-order valence-electron chi connectivity index (χ2n) is 15.3. The van der Waals surface area contributed by atoms with Crippen LogP contribution in [0.2, 0.25) is 0 Å². The van der Waals surface area contributed by atoms with Crippen molar-refractivity contribution in [2.45, 2.75) is 0 Å². The molecule has 0 amide bonds. The fourth-order valence-corrected chi connectivity index (χ4v) is 8.87. The normalized spacial score (nSPS) is 11.4. The van der Waals surface area contributed by atoms with Crippen LogP contribution in [-0.2, 0) is 0 Å². The summed E-state index contributed by atoms with van der Waals surface area (Å²) in [5.74, 6) is 0. The van der Waals surface area contributed by atoms with Crippen LogP contribution >= 0.6 is 0 Å². The molecule has 0 saturated carbocycles. The molecule has 11 rings (SSSR count). The van der Waals surface area contributed by atoms with Crippen molar-refractivity contribution in [1.82, 2.24) is 0 Å². The van der Waals surface area contributed by atoms with E-state index in [0.29, 0.717) is 0 Å². The zero-order valence-electron chi connectivity index (χ0n) is 32.5. The Morgan fingerprint density at radius 2 is 0.695 bits per heavy atom. The molecule has 11 aromatic carbocycles. The lowest BCUT2D eigenvalue weighted by Gasteiger charge is -2.26. The minimum Gasteiger partial charge on any atom is -0.310 e. The first kappa shape index (κ1) is 34.5. The van der Waals surface area contributed by atoms with Crippen molar-refractivity contribution in [3.8, 4) is 44.5 Å². The quantitative estimate of drug-likeness (QED) is 0.147. The lowest BCUT2D eigenvalue weighted by molar-refractivity contribution is 1.28. The van der Waals surface area contributed by atoms with Gasteiger partial charge in [0, 0.05) is 17.1 Å². The summed E-state index contributed by atoms with van der Waals surface area (Å²) in [5.41, 5.74) is 12.9. The Bertz CT molecular complexity index is 3320. The molecule has 0 N–H and O–H groups in total. The van der Waals surface area contributed by atoms with E-state index < -0.39 is 0 Å². The minimum absolute atomic E-state index is 1.10. The summed E-state index contributed by atoms with van der Waals surface area (Å²) in [6.07, 6.45) is 0. The van der Waals surface area contributed by atoms with Gasteiger partial charge in [0.15, 0.2) is 0 Å². The van der Waals surface area contributed by atoms with Gasteiger partial charge >= 0.3 is 0 Å². The van der Waals surface area contributed by atoms with Crippen LogP contribution in [0, 0.1) is 0 Å². The van der Waals surface area contributed by atoms with E-state index in [9.17, 15) is 0 Å². The van der Waals surface area contributed by atoms with Crippen LogP contribution in [0.3, 0.4) is 0 Å². The van der Waals surface area contributed by atoms with E-state index in [1.807, 2.05) is 0 Å². The highest BCUT2D eigenvalue weighted by Gasteiger charge is 2.16. The van der Waals surface area contributed by atoms with E-state index in [0.717, 1.165) is 17.1 Å². The molecule has 0 saturated heterocycles. The molecule has 0 aliphatic heterocycles. The molecular weight excluding hydrogens is 711 g/mol. The maximum Gasteiger partial charge on any atom is 0.0467 e. The highest BCUT2D eigenvalue weighted by atomic mass is 15.1. The number of fused-ring (bicyclic) bond motifs is 5. The summed E-state index contributed by atoms with van der Waals surface area (Å²) in [4.78, 5) is 2.38. The van der Waals surface area contributed by atoms with Gasteiger partial charge in [-0.05, 0) is 136 Å². The topological polar surface area (TPSA) is 3.24 Å². The Balaban J connectivity index is 0.999. The molecule has 0 radical (unpaired) electrons. The summed E-state index contributed by atoms with van der Waals surface area (Å²) in [7, 11) is 0. The third kappa shape index (κ3) is 6.40. The van der Waals surface area contributed by atoms with E-state index >= 15 is 0 Å². The smallest absolute Gasteiger partial charge is 0.0467 e. The maximum absolute atomic E-state index is 2.38. The van der Waals surface area contributed by atoms with Crippen molar-refractivity contribution in [3.05, 3.63) is 237 Å². The van der Waals surface area contributed by atoms with Gasteiger partial charge < -0.3 is 4.90 Å². The van der Waals surface area contributed by atoms with Crippen LogP contribution < -0.4 is 4.90 Å². The molecular formula is C58H39N. The van der Waals surface area contributed by atoms with Gasteiger partial charge in [0.05, 0.1) is 0 Å². The first-order valence-corrected chi connectivity index (χ1v) is 20.3. The van der Waals surface area contributed by atoms with Crippen molar-refractivity contribution in [2.24, 2.45) is 0 Å². The number of anilines is 3. The van der Waals surface area contributed by atoms with Gasteiger partial charge in [-0.3, -0.25) is 0 Å². The maximum atomic E-state index is 2.38. The van der Waals surface area contributed by atoms with Gasteiger partial charge in [0.1, 0.15) is 0 Å². The van der Waals surface area contributed by atoms with Crippen LogP contribution in [0.5, 0.6) is 0 Å². The molecule has 11 aromatic rings. The molecule has 0 heterocycles. The zero-order valence-corrected chi connectivity index (χ0v) is 32.5. The molecule has 0 aromatic heterocycles. The van der Waals surface area contributed by atoms with Crippen LogP contribution in [0.4, 0.5) is 17.1 Å². The standard InChI is InChI=1S/C58H39N/c1-2-14-45-38-48(26-25-40(45)11-1)47-17-7-16-46(37-47)41-27-32-50(33-28-41)59(51-34-29-44(30-35-51)54-22-9-15-42-12-3-5-20-53(42)54)52-19-8-18-49(39-52)56-23-10-24-57-55-21-6-4-13-43(55)31-36-58(56)57/h1-39H. The number of nitrogens with zero attached hydrogens (tertiary/aromatic N) is 1. The van der Waals surface area contributed by atoms with Gasteiger partial charge in [0.25, 0.3) is 0 Å². The van der Waals surface area contributed by atoms with Crippen molar-refractivity contribution in [1.29, 1.82) is 0 Å². The van der Waals surface area contributed by atoms with E-state index in [4.69, 9.17) is 0 Å². The molecule has 59 heavy (non-hydrogen) atoms. The molecule has 0 spiro atoms. The van der Waals surface area contributed by atoms with Crippen LogP contribution in [0.25, 0.3) is 87.6 Å². The Kier molecular flexibility index (Phi) is 8.56. The van der Waals surface area contributed by atoms with Crippen LogP contribution in [0.1, 0.15) is 0 Å². The molecule has 0 atom stereocenters. The van der Waals surface area contributed by atoms with Crippen molar-refractivity contribution >= 4 is 60.2 Å². The summed E-state index contributed by atoms with van der Waals surface area (Å²) in [6.45, 7) is 0. The lowest BCUT2D eigenvalue weighted by Crippen LogP contribution is -2.10. The number of benzene rings is 11. The average Bonchev–Trinajstić information content (AvgIpc) is 3.31. The summed E-state index contributed by atoms with van der Waals surface area (Å²) >= 11 is 0. The van der Waals surface area contributed by atoms with E-state index in [1.165, 1.54) is 87.6 Å². The third-order valence-electron chi connectivity index (χ3n) is 11.8. The lowest BCUT2D eigenvalue weighted by atomic mass is 9.94. The Morgan fingerprint density at radius 1 is 0.203 bits per heavy atom. The second kappa shape index (κ2) is 14.6. The average molecular weight is 750 g/mol. The summed E-state index contributed by atoms with van der Waals surface area (Å²) in [5, 5.41) is 10.1. The molecule has 1 nitrogen and oxygen atoms in total. The van der Waals surface area contributed by atoms with Gasteiger partial charge in [-0.15, -0.1) is 0 Å². The SMILES string of the molecule is c1cc(-c2ccc(N(c3ccc(-c4cccc5ccccc45)cc3)c3cccc(-c4cccc5c4ccc4ccccc45)c3)cc2)cc(-c2ccc3ccccc3c2)c1. The van der Waals surface area contributed by atoms with Crippen LogP contribution in [-0.4, -0.2) is 0 Å². The molecule has 1 heteroatoms. The van der Waals surface area contributed by atoms with Crippen LogP contribution in [0.15, 0.2) is 237 Å². The minimum atomic E-state index is 1.10. The molecule has 0 unspecified atom stereocenters. The molecule has 0 fully saturated rings. The monoisotopic (exact) mass is 749 g/mol. The van der Waals surface area contributed by atoms with Crippen molar-refractivity contribution in [3.63, 3.8) is 0 Å². The van der Waals surface area contributed by atoms with E-state index in [1.54, 1.807) is 0 Å². The molecule has 0 aliphatic carbocycles. The second-order valence-corrected chi connectivity index (χ2v) is 15.3. The zero-order chi connectivity index (χ0) is 39.1. The summed E-state index contributed by atoms with van der Waals surface area (Å²) < 4.78 is 0. The number of hydrogen-bond donors (Lipinski definition) is 0.